The maximum Gasteiger partial charge on any atom is 0.319 e. The van der Waals surface area contributed by atoms with Gasteiger partial charge in [-0.3, -0.25) is 0 Å². The van der Waals surface area contributed by atoms with Gasteiger partial charge in [0.1, 0.15) is 0 Å². The number of amides is 2. The Morgan fingerprint density at radius 2 is 1.92 bits per heavy atom. The van der Waals surface area contributed by atoms with E-state index in [9.17, 15) is 4.79 Å². The first-order chi connectivity index (χ1) is 12.2. The van der Waals surface area contributed by atoms with Gasteiger partial charge >= 0.3 is 6.03 Å². The second kappa shape index (κ2) is 8.53. The fourth-order valence-electron chi connectivity index (χ4n) is 3.00. The summed E-state index contributed by atoms with van der Waals surface area (Å²) >= 11 is 0. The molecule has 0 saturated carbocycles. The molecular weight excluding hydrogens is 314 g/mol. The number of anilines is 2. The van der Waals surface area contributed by atoms with Gasteiger partial charge in [-0.05, 0) is 24.1 Å². The van der Waals surface area contributed by atoms with Gasteiger partial charge in [-0.15, -0.1) is 0 Å². The van der Waals surface area contributed by atoms with Gasteiger partial charge in [0.15, 0.2) is 0 Å². The highest BCUT2D eigenvalue weighted by Crippen LogP contribution is 2.25. The number of hydrogen-bond donors (Lipinski definition) is 2. The minimum Gasteiger partial charge on any atom is -0.381 e. The van der Waals surface area contributed by atoms with E-state index in [2.05, 4.69) is 27.7 Å². The fourth-order valence-corrected chi connectivity index (χ4v) is 3.00. The van der Waals surface area contributed by atoms with Crippen LogP contribution in [-0.4, -0.2) is 32.8 Å². The lowest BCUT2D eigenvalue weighted by Gasteiger charge is -2.23. The fraction of sp³-hybridized carbons (Fsp3) is 0.350. The molecule has 2 aromatic rings. The molecule has 2 amide bonds. The minimum absolute atomic E-state index is 0.174. The lowest BCUT2D eigenvalue weighted by molar-refractivity contribution is 0.185. The van der Waals surface area contributed by atoms with Crippen LogP contribution in [0.4, 0.5) is 16.2 Å². The van der Waals surface area contributed by atoms with Gasteiger partial charge in [-0.25, -0.2) is 4.79 Å². The first-order valence-electron chi connectivity index (χ1n) is 8.69. The molecule has 5 heteroatoms. The Hall–Kier alpha value is -2.53. The molecule has 5 nitrogen and oxygen atoms in total. The van der Waals surface area contributed by atoms with E-state index >= 15 is 0 Å². The lowest BCUT2D eigenvalue weighted by Crippen LogP contribution is -2.33. The van der Waals surface area contributed by atoms with Crippen molar-refractivity contribution in [1.82, 2.24) is 5.32 Å². The van der Waals surface area contributed by atoms with E-state index in [1.807, 2.05) is 49.5 Å². The summed E-state index contributed by atoms with van der Waals surface area (Å²) in [5.74, 6) is 0.418. The van der Waals surface area contributed by atoms with E-state index in [-0.39, 0.29) is 6.03 Å². The Kier molecular flexibility index (Phi) is 5.90. The van der Waals surface area contributed by atoms with Crippen LogP contribution < -0.4 is 15.5 Å². The molecule has 2 aromatic carbocycles. The normalized spacial score (nSPS) is 16.4. The molecule has 132 valence electrons. The van der Waals surface area contributed by atoms with Crippen molar-refractivity contribution in [3.05, 3.63) is 60.2 Å². The van der Waals surface area contributed by atoms with E-state index in [0.29, 0.717) is 12.5 Å². The standard InChI is InChI=1S/C20H25N3O2/c1-23(14-16-7-3-2-4-8-16)19-10-6-5-9-18(19)22-20(24)21-13-17-11-12-25-15-17/h2-10,17H,11-15H2,1H3,(H2,21,22,24)/t17-/m0/s1. The molecule has 0 aromatic heterocycles. The van der Waals surface area contributed by atoms with Crippen LogP contribution in [-0.2, 0) is 11.3 Å². The maximum atomic E-state index is 12.2. The molecule has 0 unspecified atom stereocenters. The third-order valence-electron chi connectivity index (χ3n) is 4.40. The van der Waals surface area contributed by atoms with Gasteiger partial charge in [-0.2, -0.15) is 0 Å². The highest BCUT2D eigenvalue weighted by Gasteiger charge is 2.17. The molecule has 1 atom stereocenters. The molecule has 0 aliphatic carbocycles. The van der Waals surface area contributed by atoms with Gasteiger partial charge in [0.2, 0.25) is 0 Å². The second-order valence-electron chi connectivity index (χ2n) is 6.42. The molecule has 2 N–H and O–H groups in total. The number of ether oxygens (including phenoxy) is 1. The number of hydrogen-bond acceptors (Lipinski definition) is 3. The third kappa shape index (κ3) is 4.97. The smallest absolute Gasteiger partial charge is 0.319 e. The van der Waals surface area contributed by atoms with Crippen molar-refractivity contribution >= 4 is 17.4 Å². The molecule has 0 spiro atoms. The highest BCUT2D eigenvalue weighted by atomic mass is 16.5. The van der Waals surface area contributed by atoms with Crippen LogP contribution in [0.1, 0.15) is 12.0 Å². The Labute approximate surface area is 149 Å². The van der Waals surface area contributed by atoms with Crippen LogP contribution in [0, 0.1) is 5.92 Å². The van der Waals surface area contributed by atoms with Crippen LogP contribution in [0.25, 0.3) is 0 Å². The van der Waals surface area contributed by atoms with Crippen LogP contribution in [0.5, 0.6) is 0 Å². The van der Waals surface area contributed by atoms with Gasteiger partial charge < -0.3 is 20.3 Å². The quantitative estimate of drug-likeness (QED) is 0.847. The minimum atomic E-state index is -0.174. The van der Waals surface area contributed by atoms with Gasteiger partial charge in [0.05, 0.1) is 18.0 Å². The number of carbonyl (C=O) groups excluding carboxylic acids is 1. The summed E-state index contributed by atoms with van der Waals surface area (Å²) in [6.45, 7) is 2.95. The summed E-state index contributed by atoms with van der Waals surface area (Å²) in [6.07, 6.45) is 1.01. The molecule has 0 radical (unpaired) electrons. The monoisotopic (exact) mass is 339 g/mol. The number of urea groups is 1. The Balaban J connectivity index is 1.60. The molecule has 3 rings (SSSR count). The molecule has 1 fully saturated rings. The molecular formula is C20H25N3O2. The number of nitrogens with one attached hydrogen (secondary N) is 2. The van der Waals surface area contributed by atoms with E-state index in [4.69, 9.17) is 4.74 Å². The highest BCUT2D eigenvalue weighted by molar-refractivity contribution is 5.93. The van der Waals surface area contributed by atoms with Gasteiger partial charge in [0.25, 0.3) is 0 Å². The first kappa shape index (κ1) is 17.3. The zero-order chi connectivity index (χ0) is 17.5. The van der Waals surface area contributed by atoms with Crippen molar-refractivity contribution < 1.29 is 9.53 Å². The van der Waals surface area contributed by atoms with Crippen molar-refractivity contribution in [3.8, 4) is 0 Å². The Bertz CT molecular complexity index is 684. The van der Waals surface area contributed by atoms with Crippen molar-refractivity contribution in [2.45, 2.75) is 13.0 Å². The van der Waals surface area contributed by atoms with Crippen LogP contribution in [0.3, 0.4) is 0 Å². The number of nitrogens with zero attached hydrogens (tertiary/aromatic N) is 1. The van der Waals surface area contributed by atoms with Crippen LogP contribution in [0.15, 0.2) is 54.6 Å². The molecule has 1 heterocycles. The second-order valence-corrected chi connectivity index (χ2v) is 6.42. The summed E-state index contributed by atoms with van der Waals surface area (Å²) in [7, 11) is 2.03. The zero-order valence-corrected chi connectivity index (χ0v) is 14.6. The van der Waals surface area contributed by atoms with Crippen LogP contribution >= 0.6 is 0 Å². The number of benzene rings is 2. The van der Waals surface area contributed by atoms with E-state index in [1.165, 1.54) is 5.56 Å². The number of rotatable bonds is 6. The SMILES string of the molecule is CN(Cc1ccccc1)c1ccccc1NC(=O)NC[C@@H]1CCOC1. The predicted octanol–water partition coefficient (Wildman–Crippen LogP) is 3.48. The van der Waals surface area contributed by atoms with Gasteiger partial charge in [0, 0.05) is 32.7 Å². The predicted molar refractivity (Wildman–Crippen MR) is 101 cm³/mol. The maximum absolute atomic E-state index is 12.2. The molecule has 0 bridgehead atoms. The van der Waals surface area contributed by atoms with Crippen molar-refractivity contribution in [3.63, 3.8) is 0 Å². The number of para-hydroxylation sites is 2. The first-order valence-corrected chi connectivity index (χ1v) is 8.69. The topological polar surface area (TPSA) is 53.6 Å². The summed E-state index contributed by atoms with van der Waals surface area (Å²) in [6, 6.07) is 18.0. The van der Waals surface area contributed by atoms with E-state index < -0.39 is 0 Å². The summed E-state index contributed by atoms with van der Waals surface area (Å²) in [5.41, 5.74) is 3.03. The zero-order valence-electron chi connectivity index (χ0n) is 14.6. The lowest BCUT2D eigenvalue weighted by atomic mass is 10.1. The molecule has 1 aliphatic rings. The Morgan fingerprint density at radius 1 is 1.16 bits per heavy atom. The summed E-state index contributed by atoms with van der Waals surface area (Å²) < 4.78 is 5.34. The third-order valence-corrected chi connectivity index (χ3v) is 4.40. The van der Waals surface area contributed by atoms with Crippen molar-refractivity contribution in [2.75, 3.05) is 37.0 Å². The largest absolute Gasteiger partial charge is 0.381 e. The van der Waals surface area contributed by atoms with Crippen molar-refractivity contribution in [1.29, 1.82) is 0 Å². The van der Waals surface area contributed by atoms with Crippen LogP contribution in [0.2, 0.25) is 0 Å². The average Bonchev–Trinajstić information content (AvgIpc) is 3.15. The summed E-state index contributed by atoms with van der Waals surface area (Å²) in [4.78, 5) is 14.4. The molecule has 1 aliphatic heterocycles. The van der Waals surface area contributed by atoms with E-state index in [0.717, 1.165) is 37.6 Å². The number of carbonyl (C=O) groups is 1. The molecule has 25 heavy (non-hydrogen) atoms. The average molecular weight is 339 g/mol. The summed E-state index contributed by atoms with van der Waals surface area (Å²) in [5, 5.41) is 5.91. The van der Waals surface area contributed by atoms with E-state index in [1.54, 1.807) is 0 Å². The van der Waals surface area contributed by atoms with Gasteiger partial charge in [-0.1, -0.05) is 42.5 Å². The van der Waals surface area contributed by atoms with Crippen molar-refractivity contribution in [2.24, 2.45) is 5.92 Å². The Morgan fingerprint density at radius 3 is 2.68 bits per heavy atom. The molecule has 1 saturated heterocycles.